The zero-order valence-electron chi connectivity index (χ0n) is 17.8. The monoisotopic (exact) mass is 526 g/mol. The summed E-state index contributed by atoms with van der Waals surface area (Å²) in [6.45, 7) is 3.86. The van der Waals surface area contributed by atoms with E-state index in [4.69, 9.17) is 14.2 Å². The van der Waals surface area contributed by atoms with Crippen LogP contribution in [0.15, 0.2) is 68.0 Å². The minimum Gasteiger partial charge on any atom is -0.463 e. The molecule has 5 rings (SSSR count). The van der Waals surface area contributed by atoms with Crippen LogP contribution in [-0.4, -0.2) is 23.9 Å². The summed E-state index contributed by atoms with van der Waals surface area (Å²) in [5.41, 5.74) is 2.24. The van der Waals surface area contributed by atoms with Gasteiger partial charge in [-0.25, -0.2) is 9.79 Å². The molecule has 2 aliphatic rings. The van der Waals surface area contributed by atoms with E-state index in [0.717, 1.165) is 10.0 Å². The maximum absolute atomic E-state index is 13.6. The number of esters is 1. The van der Waals surface area contributed by atoms with Gasteiger partial charge in [-0.05, 0) is 55.3 Å². The van der Waals surface area contributed by atoms with Crippen LogP contribution in [0.3, 0.4) is 0 Å². The Bertz CT molecular complexity index is 1470. The lowest BCUT2D eigenvalue weighted by atomic mass is 9.95. The van der Waals surface area contributed by atoms with Gasteiger partial charge in [-0.3, -0.25) is 9.36 Å². The van der Waals surface area contributed by atoms with Crippen LogP contribution in [0.4, 0.5) is 0 Å². The first-order chi connectivity index (χ1) is 16.0. The number of carbonyl (C=O) groups excluding carboxylic acids is 1. The van der Waals surface area contributed by atoms with Crippen molar-refractivity contribution in [2.24, 2.45) is 4.99 Å². The van der Waals surface area contributed by atoms with Crippen molar-refractivity contribution >= 4 is 39.3 Å². The number of halogens is 1. The molecule has 0 radical (unpaired) electrons. The summed E-state index contributed by atoms with van der Waals surface area (Å²) in [6, 6.07) is 12.4. The molecule has 0 bridgehead atoms. The molecular formula is C24H19BrN2O5S. The highest BCUT2D eigenvalue weighted by molar-refractivity contribution is 9.10. The van der Waals surface area contributed by atoms with Crippen LogP contribution in [0.25, 0.3) is 6.08 Å². The molecule has 0 fully saturated rings. The van der Waals surface area contributed by atoms with Crippen LogP contribution in [0.1, 0.15) is 31.0 Å². The maximum atomic E-state index is 13.6. The van der Waals surface area contributed by atoms with Gasteiger partial charge < -0.3 is 14.2 Å². The molecule has 3 heterocycles. The van der Waals surface area contributed by atoms with Gasteiger partial charge >= 0.3 is 5.97 Å². The highest BCUT2D eigenvalue weighted by atomic mass is 79.9. The molecule has 0 amide bonds. The minimum atomic E-state index is -0.693. The molecule has 3 aromatic rings. The van der Waals surface area contributed by atoms with Crippen LogP contribution in [0.5, 0.6) is 11.5 Å². The Morgan fingerprint density at radius 3 is 2.76 bits per heavy atom. The van der Waals surface area contributed by atoms with E-state index < -0.39 is 12.0 Å². The zero-order valence-corrected chi connectivity index (χ0v) is 20.2. The van der Waals surface area contributed by atoms with E-state index in [1.165, 1.54) is 11.3 Å². The smallest absolute Gasteiger partial charge is 0.338 e. The molecule has 33 heavy (non-hydrogen) atoms. The number of aromatic nitrogens is 1. The summed E-state index contributed by atoms with van der Waals surface area (Å²) < 4.78 is 19.3. The number of rotatable bonds is 4. The quantitative estimate of drug-likeness (QED) is 0.487. The summed E-state index contributed by atoms with van der Waals surface area (Å²) in [7, 11) is 0. The first-order valence-corrected chi connectivity index (χ1v) is 11.9. The van der Waals surface area contributed by atoms with Crippen molar-refractivity contribution in [2.75, 3.05) is 13.4 Å². The van der Waals surface area contributed by atoms with E-state index in [2.05, 4.69) is 20.9 Å². The first-order valence-electron chi connectivity index (χ1n) is 10.3. The molecule has 1 atom stereocenters. The number of benzene rings is 2. The predicted molar refractivity (Wildman–Crippen MR) is 127 cm³/mol. The van der Waals surface area contributed by atoms with Crippen molar-refractivity contribution in [3.8, 4) is 11.5 Å². The Morgan fingerprint density at radius 2 is 2.00 bits per heavy atom. The Kier molecular flexibility index (Phi) is 5.67. The van der Waals surface area contributed by atoms with Crippen LogP contribution in [0, 0.1) is 0 Å². The lowest BCUT2D eigenvalue weighted by Crippen LogP contribution is -2.39. The zero-order chi connectivity index (χ0) is 23.1. The van der Waals surface area contributed by atoms with Gasteiger partial charge in [0.2, 0.25) is 6.79 Å². The fourth-order valence-electron chi connectivity index (χ4n) is 3.90. The number of nitrogens with zero attached hydrogens (tertiary/aromatic N) is 2. The molecule has 2 aromatic carbocycles. The molecule has 2 aliphatic heterocycles. The average Bonchev–Trinajstić information content (AvgIpc) is 3.38. The van der Waals surface area contributed by atoms with E-state index in [-0.39, 0.29) is 19.0 Å². The van der Waals surface area contributed by atoms with Crippen molar-refractivity contribution in [1.82, 2.24) is 4.57 Å². The second-order valence-corrected chi connectivity index (χ2v) is 9.39. The van der Waals surface area contributed by atoms with Crippen molar-refractivity contribution < 1.29 is 19.0 Å². The molecule has 7 nitrogen and oxygen atoms in total. The SMILES string of the molecule is CCOC(=O)C1=C(C)N=c2sc(=Cc3ccc(Br)cc3)c(=O)n2[C@@H]1c1ccc2c(c1)OCO2. The Morgan fingerprint density at radius 1 is 1.24 bits per heavy atom. The Hall–Kier alpha value is -3.17. The van der Waals surface area contributed by atoms with Gasteiger partial charge in [0, 0.05) is 4.47 Å². The number of thiazole rings is 1. The Labute approximate surface area is 201 Å². The number of ether oxygens (including phenoxy) is 3. The highest BCUT2D eigenvalue weighted by Crippen LogP contribution is 2.38. The number of fused-ring (bicyclic) bond motifs is 2. The van der Waals surface area contributed by atoms with Gasteiger partial charge in [0.05, 0.1) is 28.5 Å². The predicted octanol–water partition coefficient (Wildman–Crippen LogP) is 3.29. The summed E-state index contributed by atoms with van der Waals surface area (Å²) in [5.74, 6) is 0.700. The van der Waals surface area contributed by atoms with E-state index in [1.807, 2.05) is 36.4 Å². The third-order valence-corrected chi connectivity index (χ3v) is 6.91. The summed E-state index contributed by atoms with van der Waals surface area (Å²) in [5, 5.41) is 0. The second kappa shape index (κ2) is 8.64. The van der Waals surface area contributed by atoms with Crippen molar-refractivity contribution in [3.05, 3.63) is 89.0 Å². The summed E-state index contributed by atoms with van der Waals surface area (Å²) >= 11 is 4.72. The largest absolute Gasteiger partial charge is 0.463 e. The number of hydrogen-bond donors (Lipinski definition) is 0. The molecule has 168 valence electrons. The number of carbonyl (C=O) groups is 1. The van der Waals surface area contributed by atoms with Crippen LogP contribution < -0.4 is 24.4 Å². The molecule has 0 saturated carbocycles. The fraction of sp³-hybridized carbons (Fsp3) is 0.208. The lowest BCUT2D eigenvalue weighted by molar-refractivity contribution is -0.139. The number of allylic oxidation sites excluding steroid dienone is 1. The van der Waals surface area contributed by atoms with Crippen LogP contribution in [0.2, 0.25) is 0 Å². The molecule has 0 aliphatic carbocycles. The summed E-state index contributed by atoms with van der Waals surface area (Å²) in [6.07, 6.45) is 1.83. The van der Waals surface area contributed by atoms with Gasteiger partial charge in [-0.15, -0.1) is 0 Å². The van der Waals surface area contributed by atoms with Gasteiger partial charge in [0.15, 0.2) is 16.3 Å². The third-order valence-electron chi connectivity index (χ3n) is 5.40. The third kappa shape index (κ3) is 3.91. The van der Waals surface area contributed by atoms with Crippen LogP contribution >= 0.6 is 27.3 Å². The molecule has 0 N–H and O–H groups in total. The molecule has 0 spiro atoms. The van der Waals surface area contributed by atoms with Gasteiger partial charge in [0.25, 0.3) is 5.56 Å². The second-order valence-electron chi connectivity index (χ2n) is 7.47. The number of hydrogen-bond acceptors (Lipinski definition) is 7. The lowest BCUT2D eigenvalue weighted by Gasteiger charge is -2.24. The van der Waals surface area contributed by atoms with Crippen molar-refractivity contribution in [2.45, 2.75) is 19.9 Å². The molecular weight excluding hydrogens is 508 g/mol. The van der Waals surface area contributed by atoms with Crippen LogP contribution in [-0.2, 0) is 9.53 Å². The van der Waals surface area contributed by atoms with Gasteiger partial charge in [0.1, 0.15) is 0 Å². The highest BCUT2D eigenvalue weighted by Gasteiger charge is 2.34. The summed E-state index contributed by atoms with van der Waals surface area (Å²) in [4.78, 5) is 31.7. The maximum Gasteiger partial charge on any atom is 0.338 e. The molecule has 1 aromatic heterocycles. The Balaban J connectivity index is 1.72. The topological polar surface area (TPSA) is 79.1 Å². The first kappa shape index (κ1) is 21.7. The molecule has 0 unspecified atom stereocenters. The minimum absolute atomic E-state index is 0.133. The van der Waals surface area contributed by atoms with Gasteiger partial charge in [-0.2, -0.15) is 0 Å². The normalized spacial score (nSPS) is 17.1. The van der Waals surface area contributed by atoms with Crippen molar-refractivity contribution in [1.29, 1.82) is 0 Å². The van der Waals surface area contributed by atoms with E-state index in [0.29, 0.717) is 37.7 Å². The average molecular weight is 527 g/mol. The van der Waals surface area contributed by atoms with Crippen molar-refractivity contribution in [3.63, 3.8) is 0 Å². The fourth-order valence-corrected chi connectivity index (χ4v) is 5.21. The van der Waals surface area contributed by atoms with E-state index >= 15 is 0 Å². The molecule has 9 heteroatoms. The van der Waals surface area contributed by atoms with Gasteiger partial charge in [-0.1, -0.05) is 45.5 Å². The molecule has 0 saturated heterocycles. The standard InChI is InChI=1S/C24H19BrN2O5S/c1-3-30-23(29)20-13(2)26-24-27(21(20)15-6-9-17-18(11-15)32-12-31-17)22(28)19(33-24)10-14-4-7-16(25)8-5-14/h4-11,21H,3,12H2,1-2H3/t21-/m1/s1. The van der Waals surface area contributed by atoms with E-state index in [9.17, 15) is 9.59 Å². The van der Waals surface area contributed by atoms with E-state index in [1.54, 1.807) is 30.5 Å².